The Kier molecular flexibility index (Phi) is 4.39. The normalized spacial score (nSPS) is 10.1. The summed E-state index contributed by atoms with van der Waals surface area (Å²) >= 11 is 5.81. The van der Waals surface area contributed by atoms with Gasteiger partial charge in [-0.2, -0.15) is 0 Å². The third-order valence-electron chi connectivity index (χ3n) is 2.69. The minimum atomic E-state index is -1.14. The van der Waals surface area contributed by atoms with Crippen LogP contribution in [0.2, 0.25) is 5.02 Å². The molecule has 0 bridgehead atoms. The lowest BCUT2D eigenvalue weighted by Gasteiger charge is -2.09. The summed E-state index contributed by atoms with van der Waals surface area (Å²) in [6.07, 6.45) is 0. The molecular weight excluding hydrogens is 298 g/mol. The van der Waals surface area contributed by atoms with E-state index in [-0.39, 0.29) is 23.6 Å². The van der Waals surface area contributed by atoms with Crippen LogP contribution in [-0.4, -0.2) is 16.0 Å². The molecular formula is C14H10ClNO5. The number of benzene rings is 2. The van der Waals surface area contributed by atoms with E-state index in [9.17, 15) is 14.9 Å². The Bertz CT molecular complexity index is 702. The molecule has 0 spiro atoms. The van der Waals surface area contributed by atoms with Gasteiger partial charge in [-0.3, -0.25) is 10.1 Å². The van der Waals surface area contributed by atoms with Gasteiger partial charge in [0.15, 0.2) is 0 Å². The molecule has 2 aromatic rings. The number of ether oxygens (including phenoxy) is 1. The van der Waals surface area contributed by atoms with E-state index in [2.05, 4.69) is 0 Å². The number of non-ortho nitro benzene ring substituents is 1. The second-order valence-corrected chi connectivity index (χ2v) is 4.60. The molecule has 0 fully saturated rings. The van der Waals surface area contributed by atoms with Crippen LogP contribution in [0.4, 0.5) is 5.69 Å². The number of nitro groups is 1. The summed E-state index contributed by atoms with van der Waals surface area (Å²) in [5.74, 6) is -1.03. The molecule has 0 aliphatic carbocycles. The van der Waals surface area contributed by atoms with Crippen molar-refractivity contribution in [1.82, 2.24) is 0 Å². The Morgan fingerprint density at radius 2 is 2.05 bits per heavy atom. The maximum atomic E-state index is 11.1. The topological polar surface area (TPSA) is 89.7 Å². The minimum Gasteiger partial charge on any atom is -0.488 e. The first-order valence-corrected chi connectivity index (χ1v) is 6.24. The highest BCUT2D eigenvalue weighted by atomic mass is 35.5. The number of halogens is 1. The molecule has 6 nitrogen and oxygen atoms in total. The van der Waals surface area contributed by atoms with E-state index in [1.807, 2.05) is 0 Å². The van der Waals surface area contributed by atoms with Crippen molar-refractivity contribution < 1.29 is 19.6 Å². The van der Waals surface area contributed by atoms with Crippen molar-refractivity contribution in [1.29, 1.82) is 0 Å². The Morgan fingerprint density at radius 1 is 1.29 bits per heavy atom. The number of aromatic carboxylic acids is 1. The van der Waals surface area contributed by atoms with Gasteiger partial charge in [-0.05, 0) is 23.8 Å². The molecule has 0 aliphatic heterocycles. The first-order chi connectivity index (χ1) is 9.97. The fraction of sp³-hybridized carbons (Fsp3) is 0.0714. The summed E-state index contributed by atoms with van der Waals surface area (Å²) in [4.78, 5) is 21.3. The van der Waals surface area contributed by atoms with E-state index in [0.717, 1.165) is 0 Å². The number of carbonyl (C=O) groups is 1. The molecule has 2 aromatic carbocycles. The molecule has 21 heavy (non-hydrogen) atoms. The lowest BCUT2D eigenvalue weighted by Crippen LogP contribution is -2.03. The van der Waals surface area contributed by atoms with Gasteiger partial charge in [0.25, 0.3) is 5.69 Å². The van der Waals surface area contributed by atoms with Gasteiger partial charge in [0.05, 0.1) is 4.92 Å². The van der Waals surface area contributed by atoms with Crippen LogP contribution in [0.3, 0.4) is 0 Å². The quantitative estimate of drug-likeness (QED) is 0.674. The number of nitro benzene ring substituents is 1. The van der Waals surface area contributed by atoms with Gasteiger partial charge in [-0.1, -0.05) is 23.7 Å². The van der Waals surface area contributed by atoms with Crippen molar-refractivity contribution in [3.8, 4) is 5.75 Å². The lowest BCUT2D eigenvalue weighted by molar-refractivity contribution is -0.384. The number of rotatable bonds is 5. The second kappa shape index (κ2) is 6.23. The fourth-order valence-corrected chi connectivity index (χ4v) is 1.88. The molecule has 0 atom stereocenters. The predicted molar refractivity (Wildman–Crippen MR) is 75.8 cm³/mol. The maximum Gasteiger partial charge on any atom is 0.339 e. The lowest BCUT2D eigenvalue weighted by atomic mass is 10.2. The molecule has 0 unspecified atom stereocenters. The maximum absolute atomic E-state index is 11.1. The first kappa shape index (κ1) is 14.8. The predicted octanol–water partition coefficient (Wildman–Crippen LogP) is 3.53. The van der Waals surface area contributed by atoms with Crippen molar-refractivity contribution in [2.75, 3.05) is 0 Å². The molecule has 108 valence electrons. The molecule has 0 radical (unpaired) electrons. The summed E-state index contributed by atoms with van der Waals surface area (Å²) in [7, 11) is 0. The number of hydrogen-bond acceptors (Lipinski definition) is 4. The van der Waals surface area contributed by atoms with Gasteiger partial charge in [0, 0.05) is 17.2 Å². The standard InChI is InChI=1S/C14H10ClNO5/c15-10-4-5-12(14(17)18)13(7-10)21-8-9-2-1-3-11(6-9)16(19)20/h1-7H,8H2,(H,17,18). The Morgan fingerprint density at radius 3 is 2.71 bits per heavy atom. The van der Waals surface area contributed by atoms with E-state index in [1.54, 1.807) is 6.07 Å². The SMILES string of the molecule is O=C(O)c1ccc(Cl)cc1OCc1cccc([N+](=O)[O-])c1. The molecule has 0 amide bonds. The largest absolute Gasteiger partial charge is 0.488 e. The van der Waals surface area contributed by atoms with E-state index in [1.165, 1.54) is 36.4 Å². The molecule has 1 N–H and O–H groups in total. The molecule has 2 rings (SSSR count). The van der Waals surface area contributed by atoms with Crippen LogP contribution in [0.25, 0.3) is 0 Å². The van der Waals surface area contributed by atoms with Gasteiger partial charge in [-0.15, -0.1) is 0 Å². The number of carboxylic acids is 1. The monoisotopic (exact) mass is 307 g/mol. The highest BCUT2D eigenvalue weighted by molar-refractivity contribution is 6.30. The van der Waals surface area contributed by atoms with Gasteiger partial charge in [0.2, 0.25) is 0 Å². The zero-order chi connectivity index (χ0) is 15.4. The van der Waals surface area contributed by atoms with Crippen LogP contribution in [-0.2, 0) is 6.61 Å². The van der Waals surface area contributed by atoms with Gasteiger partial charge in [0.1, 0.15) is 17.9 Å². The van der Waals surface area contributed by atoms with Gasteiger partial charge < -0.3 is 9.84 Å². The van der Waals surface area contributed by atoms with E-state index in [4.69, 9.17) is 21.4 Å². The highest BCUT2D eigenvalue weighted by Gasteiger charge is 2.12. The zero-order valence-corrected chi connectivity index (χ0v) is 11.4. The van der Waals surface area contributed by atoms with Crippen molar-refractivity contribution in [3.05, 3.63) is 68.7 Å². The average Bonchev–Trinajstić information content (AvgIpc) is 2.45. The summed E-state index contributed by atoms with van der Waals surface area (Å²) in [5.41, 5.74) is 0.478. The van der Waals surface area contributed by atoms with Crippen LogP contribution in [0, 0.1) is 10.1 Å². The van der Waals surface area contributed by atoms with Crippen LogP contribution in [0.1, 0.15) is 15.9 Å². The first-order valence-electron chi connectivity index (χ1n) is 5.86. The van der Waals surface area contributed by atoms with Gasteiger partial charge >= 0.3 is 5.97 Å². The number of hydrogen-bond donors (Lipinski definition) is 1. The summed E-state index contributed by atoms with van der Waals surface area (Å²) in [5, 5.41) is 20.1. The Balaban J connectivity index is 2.20. The van der Waals surface area contributed by atoms with E-state index >= 15 is 0 Å². The van der Waals surface area contributed by atoms with Gasteiger partial charge in [-0.25, -0.2) is 4.79 Å². The molecule has 0 aromatic heterocycles. The average molecular weight is 308 g/mol. The highest BCUT2D eigenvalue weighted by Crippen LogP contribution is 2.25. The molecule has 0 aliphatic rings. The van der Waals surface area contributed by atoms with Crippen LogP contribution >= 0.6 is 11.6 Å². The number of carboxylic acid groups (broad SMARTS) is 1. The van der Waals surface area contributed by atoms with E-state index in [0.29, 0.717) is 10.6 Å². The smallest absolute Gasteiger partial charge is 0.339 e. The third kappa shape index (κ3) is 3.70. The Hall–Kier alpha value is -2.60. The molecule has 0 heterocycles. The number of nitrogens with zero attached hydrogens (tertiary/aromatic N) is 1. The third-order valence-corrected chi connectivity index (χ3v) is 2.92. The Labute approximate surface area is 124 Å². The summed E-state index contributed by atoms with van der Waals surface area (Å²) < 4.78 is 5.41. The van der Waals surface area contributed by atoms with Crippen LogP contribution in [0.15, 0.2) is 42.5 Å². The van der Waals surface area contributed by atoms with E-state index < -0.39 is 10.9 Å². The van der Waals surface area contributed by atoms with Crippen molar-refractivity contribution in [2.24, 2.45) is 0 Å². The van der Waals surface area contributed by atoms with Crippen molar-refractivity contribution in [3.63, 3.8) is 0 Å². The van der Waals surface area contributed by atoms with Crippen LogP contribution < -0.4 is 4.74 Å². The van der Waals surface area contributed by atoms with Crippen molar-refractivity contribution in [2.45, 2.75) is 6.61 Å². The second-order valence-electron chi connectivity index (χ2n) is 4.16. The van der Waals surface area contributed by atoms with Crippen LogP contribution in [0.5, 0.6) is 5.75 Å². The molecule has 0 saturated carbocycles. The fourth-order valence-electron chi connectivity index (χ4n) is 1.71. The van der Waals surface area contributed by atoms with Crippen molar-refractivity contribution >= 4 is 23.3 Å². The summed E-state index contributed by atoms with van der Waals surface area (Å²) in [6, 6.07) is 10.1. The molecule has 0 saturated heterocycles. The zero-order valence-electron chi connectivity index (χ0n) is 10.7. The summed E-state index contributed by atoms with van der Waals surface area (Å²) in [6.45, 7) is 0.00228. The minimum absolute atomic E-state index is 0.00228. The molecule has 7 heteroatoms.